The van der Waals surface area contributed by atoms with Crippen molar-refractivity contribution in [2.75, 3.05) is 0 Å². The van der Waals surface area contributed by atoms with Crippen molar-refractivity contribution in [3.8, 4) is 16.9 Å². The quantitative estimate of drug-likeness (QED) is 0.269. The summed E-state index contributed by atoms with van der Waals surface area (Å²) in [5.41, 5.74) is 2.26. The van der Waals surface area contributed by atoms with Crippen molar-refractivity contribution in [2.24, 2.45) is 0 Å². The second-order valence-corrected chi connectivity index (χ2v) is 9.48. The zero-order valence-corrected chi connectivity index (χ0v) is 21.1. The minimum atomic E-state index is -4.69. The number of halogens is 3. The van der Waals surface area contributed by atoms with Crippen LogP contribution in [0.3, 0.4) is 0 Å². The van der Waals surface area contributed by atoms with Crippen LogP contribution < -0.4 is 5.32 Å². The summed E-state index contributed by atoms with van der Waals surface area (Å²) >= 11 is 0. The molecule has 5 aromatic rings. The molecule has 1 amide bonds. The predicted octanol–water partition coefficient (Wildman–Crippen LogP) is 6.82. The molecule has 1 N–H and O–H groups in total. The smallest absolute Gasteiger partial charge is 0.345 e. The highest BCUT2D eigenvalue weighted by molar-refractivity contribution is 6.00. The third-order valence-corrected chi connectivity index (χ3v) is 6.50. The van der Waals surface area contributed by atoms with E-state index in [0.29, 0.717) is 10.1 Å². The van der Waals surface area contributed by atoms with Gasteiger partial charge in [-0.25, -0.2) is 9.50 Å². The topological polar surface area (TPSA) is 64.2 Å². The minimum absolute atomic E-state index is 0.0374. The molecule has 0 spiro atoms. The van der Waals surface area contributed by atoms with Crippen LogP contribution in [-0.2, 0) is 6.18 Å². The number of nitrogens with one attached hydrogen (secondary N) is 1. The molecule has 3 heterocycles. The first-order valence-electron chi connectivity index (χ1n) is 12.2. The zero-order chi connectivity index (χ0) is 27.0. The summed E-state index contributed by atoms with van der Waals surface area (Å²) in [6.45, 7) is 5.89. The Morgan fingerprint density at radius 2 is 1.63 bits per heavy atom. The van der Waals surface area contributed by atoms with Crippen molar-refractivity contribution >= 4 is 11.6 Å². The van der Waals surface area contributed by atoms with Gasteiger partial charge in [0.05, 0.1) is 17.9 Å². The van der Waals surface area contributed by atoms with E-state index in [0.717, 1.165) is 29.1 Å². The first-order chi connectivity index (χ1) is 18.1. The van der Waals surface area contributed by atoms with Crippen LogP contribution in [-0.4, -0.2) is 25.1 Å². The maximum Gasteiger partial charge on any atom is 0.433 e. The Morgan fingerprint density at radius 3 is 2.29 bits per heavy atom. The SMILES string of the molecule is CC(C)c1ccc(-c2cc(C(F)(F)F)n3ncc(C(=O)NC(C)c4cccc(-n5cccc5)c4)c3n2)cc1. The number of hydrogen-bond donors (Lipinski definition) is 1. The second kappa shape index (κ2) is 9.81. The largest absolute Gasteiger partial charge is 0.433 e. The van der Waals surface area contributed by atoms with Crippen LogP contribution in [0, 0.1) is 0 Å². The third-order valence-electron chi connectivity index (χ3n) is 6.50. The number of carbonyl (C=O) groups is 1. The van der Waals surface area contributed by atoms with E-state index in [4.69, 9.17) is 0 Å². The first kappa shape index (κ1) is 25.3. The number of carbonyl (C=O) groups excluding carboxylic acids is 1. The molecule has 9 heteroatoms. The van der Waals surface area contributed by atoms with E-state index in [1.165, 1.54) is 0 Å². The molecule has 0 aliphatic heterocycles. The molecule has 0 aliphatic rings. The highest BCUT2D eigenvalue weighted by atomic mass is 19.4. The average molecular weight is 518 g/mol. The second-order valence-electron chi connectivity index (χ2n) is 9.48. The standard InChI is InChI=1S/C29H26F3N5O/c1-18(2)20-9-11-21(12-10-20)25-16-26(29(30,31)32)37-27(35-25)24(17-33-37)28(38)34-19(3)22-7-6-8-23(15-22)36-13-4-5-14-36/h4-19H,1-3H3,(H,34,38). The minimum Gasteiger partial charge on any atom is -0.345 e. The van der Waals surface area contributed by atoms with Gasteiger partial charge in [0.2, 0.25) is 0 Å². The Kier molecular flexibility index (Phi) is 6.52. The van der Waals surface area contributed by atoms with Gasteiger partial charge < -0.3 is 9.88 Å². The van der Waals surface area contributed by atoms with Gasteiger partial charge in [0.25, 0.3) is 5.91 Å². The number of rotatable bonds is 6. The van der Waals surface area contributed by atoms with E-state index in [9.17, 15) is 18.0 Å². The summed E-state index contributed by atoms with van der Waals surface area (Å²) in [4.78, 5) is 17.7. The molecular weight excluding hydrogens is 491 g/mol. The summed E-state index contributed by atoms with van der Waals surface area (Å²) in [5, 5.41) is 6.75. The van der Waals surface area contributed by atoms with Gasteiger partial charge in [-0.2, -0.15) is 18.3 Å². The number of aromatic nitrogens is 4. The summed E-state index contributed by atoms with van der Waals surface area (Å²) in [6, 6.07) is 19.2. The predicted molar refractivity (Wildman–Crippen MR) is 139 cm³/mol. The molecule has 6 nitrogen and oxygen atoms in total. The molecule has 1 unspecified atom stereocenters. The van der Waals surface area contributed by atoms with Crippen molar-refractivity contribution in [3.63, 3.8) is 0 Å². The maximum absolute atomic E-state index is 14.0. The fourth-order valence-electron chi connectivity index (χ4n) is 4.33. The Morgan fingerprint density at radius 1 is 0.921 bits per heavy atom. The Labute approximate surface area is 217 Å². The summed E-state index contributed by atoms with van der Waals surface area (Å²) in [7, 11) is 0. The van der Waals surface area contributed by atoms with Crippen LogP contribution in [0.4, 0.5) is 13.2 Å². The molecule has 0 bridgehead atoms. The number of amides is 1. The molecule has 38 heavy (non-hydrogen) atoms. The normalized spacial score (nSPS) is 12.7. The van der Waals surface area contributed by atoms with Crippen molar-refractivity contribution in [3.05, 3.63) is 108 Å². The average Bonchev–Trinajstić information content (AvgIpc) is 3.58. The molecule has 0 aliphatic carbocycles. The van der Waals surface area contributed by atoms with Crippen LogP contribution in [0.15, 0.2) is 85.3 Å². The lowest BCUT2D eigenvalue weighted by Crippen LogP contribution is -2.27. The van der Waals surface area contributed by atoms with Gasteiger partial charge in [-0.3, -0.25) is 4.79 Å². The van der Waals surface area contributed by atoms with E-state index in [1.807, 2.05) is 86.3 Å². The van der Waals surface area contributed by atoms with Gasteiger partial charge in [0.15, 0.2) is 11.3 Å². The van der Waals surface area contributed by atoms with Gasteiger partial charge in [0, 0.05) is 23.6 Å². The molecular formula is C29H26F3N5O. The molecule has 0 radical (unpaired) electrons. The van der Waals surface area contributed by atoms with E-state index in [-0.39, 0.29) is 22.8 Å². The van der Waals surface area contributed by atoms with Crippen molar-refractivity contribution in [2.45, 2.75) is 38.9 Å². The van der Waals surface area contributed by atoms with Gasteiger partial charge in [-0.05, 0) is 54.3 Å². The Hall–Kier alpha value is -4.40. The summed E-state index contributed by atoms with van der Waals surface area (Å²) < 4.78 is 44.6. The molecule has 1 atom stereocenters. The number of benzene rings is 2. The molecule has 2 aromatic carbocycles. The van der Waals surface area contributed by atoms with Gasteiger partial charge in [0.1, 0.15) is 5.56 Å². The number of fused-ring (bicyclic) bond motifs is 1. The highest BCUT2D eigenvalue weighted by Crippen LogP contribution is 2.33. The highest BCUT2D eigenvalue weighted by Gasteiger charge is 2.36. The summed E-state index contributed by atoms with van der Waals surface area (Å²) in [5.74, 6) is -0.284. The Bertz CT molecular complexity index is 1590. The zero-order valence-electron chi connectivity index (χ0n) is 21.1. The van der Waals surface area contributed by atoms with E-state index < -0.39 is 23.8 Å². The fourth-order valence-corrected chi connectivity index (χ4v) is 4.33. The van der Waals surface area contributed by atoms with Crippen LogP contribution in [0.1, 0.15) is 59.9 Å². The van der Waals surface area contributed by atoms with E-state index >= 15 is 0 Å². The van der Waals surface area contributed by atoms with Gasteiger partial charge >= 0.3 is 6.18 Å². The molecule has 3 aromatic heterocycles. The van der Waals surface area contributed by atoms with Crippen molar-refractivity contribution in [1.82, 2.24) is 24.5 Å². The Balaban J connectivity index is 1.50. The van der Waals surface area contributed by atoms with Crippen LogP contribution >= 0.6 is 0 Å². The first-order valence-corrected chi connectivity index (χ1v) is 12.2. The van der Waals surface area contributed by atoms with Crippen LogP contribution in [0.2, 0.25) is 0 Å². The lowest BCUT2D eigenvalue weighted by molar-refractivity contribution is -0.142. The van der Waals surface area contributed by atoms with Gasteiger partial charge in [-0.15, -0.1) is 0 Å². The molecule has 5 rings (SSSR count). The van der Waals surface area contributed by atoms with Crippen molar-refractivity contribution < 1.29 is 18.0 Å². The van der Waals surface area contributed by atoms with E-state index in [2.05, 4.69) is 15.4 Å². The number of nitrogens with zero attached hydrogens (tertiary/aromatic N) is 4. The van der Waals surface area contributed by atoms with Crippen LogP contribution in [0.5, 0.6) is 0 Å². The van der Waals surface area contributed by atoms with Gasteiger partial charge in [-0.1, -0.05) is 50.2 Å². The molecule has 0 saturated carbocycles. The number of alkyl halides is 3. The maximum atomic E-state index is 14.0. The lowest BCUT2D eigenvalue weighted by Gasteiger charge is -2.16. The third kappa shape index (κ3) is 4.91. The lowest BCUT2D eigenvalue weighted by atomic mass is 10.0. The summed E-state index contributed by atoms with van der Waals surface area (Å²) in [6.07, 6.45) is 0.264. The molecule has 0 saturated heterocycles. The van der Waals surface area contributed by atoms with E-state index in [1.54, 1.807) is 12.1 Å². The van der Waals surface area contributed by atoms with Crippen LogP contribution in [0.25, 0.3) is 22.6 Å². The fraction of sp³-hybridized carbons (Fsp3) is 0.207. The molecule has 194 valence electrons. The monoisotopic (exact) mass is 517 g/mol. The number of hydrogen-bond acceptors (Lipinski definition) is 3. The molecule has 0 fully saturated rings. The van der Waals surface area contributed by atoms with Crippen molar-refractivity contribution in [1.29, 1.82) is 0 Å².